The summed E-state index contributed by atoms with van der Waals surface area (Å²) in [6.07, 6.45) is 4.63. The molecule has 3 nitrogen and oxygen atoms in total. The molecule has 0 saturated heterocycles. The minimum atomic E-state index is -0.533. The van der Waals surface area contributed by atoms with Crippen LogP contribution in [-0.4, -0.2) is 24.9 Å². The minimum absolute atomic E-state index is 0.145. The number of hydrogen-bond acceptors (Lipinski definition) is 3. The highest BCUT2D eigenvalue weighted by Crippen LogP contribution is 2.40. The van der Waals surface area contributed by atoms with Crippen molar-refractivity contribution in [1.82, 2.24) is 5.32 Å². The smallest absolute Gasteiger partial charge is 0.127 e. The standard InChI is InChI=1S/C22H39NO2/c1-10-15-12-17(16(15)11-2)18(23-9)14-25-20(22(6,7)8)13-19(24)21(3,4)5/h13,19,23-24H,10-12,14H2,1-9H3/b18-17+,20-13-. The van der Waals surface area contributed by atoms with Crippen LogP contribution in [0.15, 0.2) is 34.3 Å². The van der Waals surface area contributed by atoms with Crippen LogP contribution in [0.25, 0.3) is 0 Å². The molecule has 1 aliphatic carbocycles. The molecule has 0 aliphatic heterocycles. The van der Waals surface area contributed by atoms with E-state index in [0.29, 0.717) is 6.61 Å². The van der Waals surface area contributed by atoms with Crippen molar-refractivity contribution in [1.29, 1.82) is 0 Å². The molecule has 3 heteroatoms. The molecule has 0 radical (unpaired) electrons. The molecule has 0 aromatic rings. The van der Waals surface area contributed by atoms with Gasteiger partial charge in [0.25, 0.3) is 0 Å². The first-order chi connectivity index (χ1) is 11.5. The van der Waals surface area contributed by atoms with Crippen LogP contribution < -0.4 is 5.32 Å². The topological polar surface area (TPSA) is 41.5 Å². The fourth-order valence-electron chi connectivity index (χ4n) is 2.99. The van der Waals surface area contributed by atoms with Crippen molar-refractivity contribution in [2.24, 2.45) is 10.8 Å². The van der Waals surface area contributed by atoms with E-state index in [1.165, 1.54) is 11.1 Å². The Hall–Kier alpha value is -1.22. The molecule has 0 spiro atoms. The molecule has 0 fully saturated rings. The van der Waals surface area contributed by atoms with Crippen molar-refractivity contribution >= 4 is 0 Å². The van der Waals surface area contributed by atoms with Gasteiger partial charge in [0.15, 0.2) is 0 Å². The predicted molar refractivity (Wildman–Crippen MR) is 107 cm³/mol. The zero-order valence-corrected chi connectivity index (χ0v) is 17.8. The van der Waals surface area contributed by atoms with Crippen LogP contribution in [0.1, 0.15) is 74.7 Å². The van der Waals surface area contributed by atoms with Gasteiger partial charge >= 0.3 is 0 Å². The first-order valence-electron chi connectivity index (χ1n) is 9.59. The van der Waals surface area contributed by atoms with Crippen molar-refractivity contribution < 1.29 is 9.84 Å². The van der Waals surface area contributed by atoms with Crippen molar-refractivity contribution in [3.8, 4) is 0 Å². The highest BCUT2D eigenvalue weighted by atomic mass is 16.5. The normalized spacial score (nSPS) is 19.5. The van der Waals surface area contributed by atoms with Gasteiger partial charge in [0.1, 0.15) is 12.4 Å². The largest absolute Gasteiger partial charge is 0.491 e. The second-order valence-corrected chi connectivity index (χ2v) is 9.05. The molecular weight excluding hydrogens is 310 g/mol. The quantitative estimate of drug-likeness (QED) is 0.610. The van der Waals surface area contributed by atoms with E-state index in [0.717, 1.165) is 30.7 Å². The van der Waals surface area contributed by atoms with Crippen molar-refractivity contribution in [2.45, 2.75) is 80.8 Å². The van der Waals surface area contributed by atoms with Crippen LogP contribution in [-0.2, 0) is 4.74 Å². The number of hydrogen-bond donors (Lipinski definition) is 2. The van der Waals surface area contributed by atoms with Gasteiger partial charge in [-0.15, -0.1) is 0 Å². The monoisotopic (exact) mass is 349 g/mol. The van der Waals surface area contributed by atoms with Gasteiger partial charge in [0.05, 0.1) is 11.8 Å². The number of nitrogens with one attached hydrogen (secondary N) is 1. The fourth-order valence-corrected chi connectivity index (χ4v) is 2.99. The second kappa shape index (κ2) is 8.44. The molecule has 1 aliphatic rings. The lowest BCUT2D eigenvalue weighted by Gasteiger charge is -2.31. The number of likely N-dealkylation sites (N-methyl/N-ethyl adjacent to an activating group) is 1. The third-order valence-electron chi connectivity index (χ3n) is 4.94. The maximum atomic E-state index is 10.5. The minimum Gasteiger partial charge on any atom is -0.491 e. The summed E-state index contributed by atoms with van der Waals surface area (Å²) in [4.78, 5) is 0. The first-order valence-corrected chi connectivity index (χ1v) is 9.59. The number of ether oxygens (including phenoxy) is 1. The maximum absolute atomic E-state index is 10.5. The van der Waals surface area contributed by atoms with Gasteiger partial charge < -0.3 is 15.2 Å². The van der Waals surface area contributed by atoms with E-state index in [4.69, 9.17) is 4.74 Å². The third kappa shape index (κ3) is 5.64. The summed E-state index contributed by atoms with van der Waals surface area (Å²) in [6, 6.07) is 0. The zero-order valence-electron chi connectivity index (χ0n) is 17.8. The summed E-state index contributed by atoms with van der Waals surface area (Å²) in [5.41, 5.74) is 5.28. The van der Waals surface area contributed by atoms with Crippen molar-refractivity contribution in [3.63, 3.8) is 0 Å². The van der Waals surface area contributed by atoms with E-state index >= 15 is 0 Å². The van der Waals surface area contributed by atoms with Gasteiger partial charge in [-0.1, -0.05) is 61.0 Å². The fraction of sp³-hybridized carbons (Fsp3) is 0.727. The van der Waals surface area contributed by atoms with E-state index in [9.17, 15) is 5.11 Å². The number of aliphatic hydroxyl groups excluding tert-OH is 1. The molecule has 144 valence electrons. The number of rotatable bonds is 7. The van der Waals surface area contributed by atoms with Gasteiger partial charge in [-0.3, -0.25) is 0 Å². The Kier molecular flexibility index (Phi) is 7.37. The lowest BCUT2D eigenvalue weighted by Crippen LogP contribution is -2.27. The number of allylic oxidation sites excluding steroid dienone is 4. The molecule has 1 unspecified atom stereocenters. The summed E-state index contributed by atoms with van der Waals surface area (Å²) in [5, 5.41) is 13.8. The van der Waals surface area contributed by atoms with E-state index in [1.54, 1.807) is 5.57 Å². The van der Waals surface area contributed by atoms with E-state index in [2.05, 4.69) is 39.9 Å². The van der Waals surface area contributed by atoms with Crippen LogP contribution in [0.4, 0.5) is 0 Å². The van der Waals surface area contributed by atoms with Crippen LogP contribution in [0.2, 0.25) is 0 Å². The van der Waals surface area contributed by atoms with Gasteiger partial charge in [0.2, 0.25) is 0 Å². The summed E-state index contributed by atoms with van der Waals surface area (Å²) in [7, 11) is 1.97. The summed E-state index contributed by atoms with van der Waals surface area (Å²) < 4.78 is 6.20. The van der Waals surface area contributed by atoms with E-state index in [-0.39, 0.29) is 10.8 Å². The lowest BCUT2D eigenvalue weighted by atomic mass is 9.79. The average Bonchev–Trinajstić information content (AvgIpc) is 2.46. The van der Waals surface area contributed by atoms with Crippen LogP contribution in [0.5, 0.6) is 0 Å². The Bertz CT molecular complexity index is 554. The molecule has 2 N–H and O–H groups in total. The summed E-state index contributed by atoms with van der Waals surface area (Å²) >= 11 is 0. The highest BCUT2D eigenvalue weighted by molar-refractivity contribution is 5.50. The Morgan fingerprint density at radius 1 is 1.16 bits per heavy atom. The molecule has 0 amide bonds. The highest BCUT2D eigenvalue weighted by Gasteiger charge is 2.27. The Morgan fingerprint density at radius 3 is 2.16 bits per heavy atom. The van der Waals surface area contributed by atoms with Crippen LogP contribution >= 0.6 is 0 Å². The van der Waals surface area contributed by atoms with Crippen molar-refractivity contribution in [3.05, 3.63) is 34.3 Å². The molecule has 0 aromatic heterocycles. The number of aliphatic hydroxyl groups is 1. The molecule has 1 rings (SSSR count). The van der Waals surface area contributed by atoms with Gasteiger partial charge in [0, 0.05) is 12.5 Å². The summed E-state index contributed by atoms with van der Waals surface area (Å²) in [6.45, 7) is 17.4. The molecule has 0 bridgehead atoms. The van der Waals surface area contributed by atoms with E-state index < -0.39 is 6.10 Å². The van der Waals surface area contributed by atoms with Gasteiger partial charge in [-0.2, -0.15) is 0 Å². The second-order valence-electron chi connectivity index (χ2n) is 9.05. The Balaban J connectivity index is 3.01. The molecule has 0 aromatic carbocycles. The van der Waals surface area contributed by atoms with Crippen LogP contribution in [0, 0.1) is 10.8 Å². The third-order valence-corrected chi connectivity index (χ3v) is 4.94. The van der Waals surface area contributed by atoms with Gasteiger partial charge in [-0.05, 0) is 41.9 Å². The zero-order chi connectivity index (χ0) is 19.4. The van der Waals surface area contributed by atoms with Crippen LogP contribution in [0.3, 0.4) is 0 Å². The lowest BCUT2D eigenvalue weighted by molar-refractivity contribution is 0.0913. The average molecular weight is 350 g/mol. The molecule has 0 saturated carbocycles. The SMILES string of the molecule is CCC1=C(CC)/C(=C(\CO/C(=C\C(O)C(C)(C)C)C(C)(C)C)NC)C1. The molecule has 1 atom stereocenters. The first kappa shape index (κ1) is 21.8. The van der Waals surface area contributed by atoms with Gasteiger partial charge in [-0.25, -0.2) is 0 Å². The molecule has 0 heterocycles. The van der Waals surface area contributed by atoms with E-state index in [1.807, 2.05) is 33.9 Å². The predicted octanol–water partition coefficient (Wildman–Crippen LogP) is 5.33. The summed E-state index contributed by atoms with van der Waals surface area (Å²) in [5.74, 6) is 0.848. The molecular formula is C22H39NO2. The maximum Gasteiger partial charge on any atom is 0.127 e. The van der Waals surface area contributed by atoms with Crippen molar-refractivity contribution in [2.75, 3.05) is 13.7 Å². The Labute approximate surface area is 155 Å². The molecule has 25 heavy (non-hydrogen) atoms. The Morgan fingerprint density at radius 2 is 1.76 bits per heavy atom.